The minimum Gasteiger partial charge on any atom is -0.318 e. The molecule has 1 atom stereocenters. The van der Waals surface area contributed by atoms with E-state index in [-0.39, 0.29) is 5.82 Å². The maximum absolute atomic E-state index is 13.0. The molecule has 1 aromatic carbocycles. The van der Waals surface area contributed by atoms with Crippen molar-refractivity contribution >= 4 is 0 Å². The lowest BCUT2D eigenvalue weighted by molar-refractivity contribution is 0.111. The molecule has 0 radical (unpaired) electrons. The van der Waals surface area contributed by atoms with Crippen LogP contribution < -0.4 is 5.32 Å². The van der Waals surface area contributed by atoms with Gasteiger partial charge >= 0.3 is 0 Å². The van der Waals surface area contributed by atoms with E-state index in [0.717, 1.165) is 32.7 Å². The lowest BCUT2D eigenvalue weighted by Crippen LogP contribution is -2.47. The molecule has 1 N–H and O–H groups in total. The van der Waals surface area contributed by atoms with E-state index in [1.807, 2.05) is 19.2 Å². The molecule has 1 aliphatic heterocycles. The molecule has 1 aromatic rings. The average molecular weight is 251 g/mol. The van der Waals surface area contributed by atoms with Gasteiger partial charge in [-0.1, -0.05) is 12.1 Å². The van der Waals surface area contributed by atoms with Crippen LogP contribution >= 0.6 is 0 Å². The molecule has 1 unspecified atom stereocenters. The van der Waals surface area contributed by atoms with Gasteiger partial charge in [0.05, 0.1) is 0 Å². The quantitative estimate of drug-likeness (QED) is 0.871. The van der Waals surface area contributed by atoms with E-state index in [1.54, 1.807) is 12.1 Å². The van der Waals surface area contributed by atoms with Crippen LogP contribution in [-0.4, -0.2) is 56.6 Å². The molecule has 0 saturated carbocycles. The van der Waals surface area contributed by atoms with Gasteiger partial charge in [0, 0.05) is 38.8 Å². The van der Waals surface area contributed by atoms with Crippen LogP contribution in [0.5, 0.6) is 0 Å². The SMILES string of the molecule is CNCC(c1ccc(F)cc1)N1CCN(C)CC1. The summed E-state index contributed by atoms with van der Waals surface area (Å²) >= 11 is 0. The van der Waals surface area contributed by atoms with Gasteiger partial charge in [0.1, 0.15) is 5.82 Å². The van der Waals surface area contributed by atoms with Crippen LogP contribution in [0.15, 0.2) is 24.3 Å². The molecule has 0 spiro atoms. The van der Waals surface area contributed by atoms with E-state index >= 15 is 0 Å². The summed E-state index contributed by atoms with van der Waals surface area (Å²) in [6.45, 7) is 5.23. The fourth-order valence-corrected chi connectivity index (χ4v) is 2.47. The van der Waals surface area contributed by atoms with Crippen molar-refractivity contribution in [1.29, 1.82) is 0 Å². The summed E-state index contributed by atoms with van der Waals surface area (Å²) in [6, 6.07) is 7.23. The van der Waals surface area contributed by atoms with E-state index in [9.17, 15) is 4.39 Å². The third kappa shape index (κ3) is 3.28. The average Bonchev–Trinajstić information content (AvgIpc) is 2.39. The number of piperazine rings is 1. The zero-order valence-corrected chi connectivity index (χ0v) is 11.2. The highest BCUT2D eigenvalue weighted by Crippen LogP contribution is 2.21. The Bertz CT molecular complexity index is 358. The van der Waals surface area contributed by atoms with Gasteiger partial charge in [-0.2, -0.15) is 0 Å². The molecule has 2 rings (SSSR count). The standard InChI is InChI=1S/C14H22FN3/c1-16-11-14(12-3-5-13(15)6-4-12)18-9-7-17(2)8-10-18/h3-6,14,16H,7-11H2,1-2H3. The van der Waals surface area contributed by atoms with Crippen molar-refractivity contribution in [2.24, 2.45) is 0 Å². The molecule has 1 saturated heterocycles. The molecule has 1 fully saturated rings. The van der Waals surface area contributed by atoms with Crippen molar-refractivity contribution in [3.05, 3.63) is 35.6 Å². The number of hydrogen-bond acceptors (Lipinski definition) is 3. The van der Waals surface area contributed by atoms with Crippen LogP contribution in [-0.2, 0) is 0 Å². The summed E-state index contributed by atoms with van der Waals surface area (Å²) in [4.78, 5) is 4.82. The van der Waals surface area contributed by atoms with Gasteiger partial charge in [-0.15, -0.1) is 0 Å². The lowest BCUT2D eigenvalue weighted by Gasteiger charge is -2.38. The second-order valence-corrected chi connectivity index (χ2v) is 4.96. The number of nitrogens with zero attached hydrogens (tertiary/aromatic N) is 2. The largest absolute Gasteiger partial charge is 0.318 e. The van der Waals surface area contributed by atoms with Crippen molar-refractivity contribution in [2.75, 3.05) is 46.8 Å². The molecule has 3 nitrogen and oxygen atoms in total. The highest BCUT2D eigenvalue weighted by atomic mass is 19.1. The third-order valence-corrected chi connectivity index (χ3v) is 3.63. The second-order valence-electron chi connectivity index (χ2n) is 4.96. The van der Waals surface area contributed by atoms with E-state index in [0.29, 0.717) is 6.04 Å². The Hall–Kier alpha value is -0.970. The zero-order chi connectivity index (χ0) is 13.0. The first-order valence-corrected chi connectivity index (χ1v) is 6.53. The van der Waals surface area contributed by atoms with Crippen molar-refractivity contribution in [3.8, 4) is 0 Å². The molecule has 4 heteroatoms. The van der Waals surface area contributed by atoms with Gasteiger partial charge < -0.3 is 10.2 Å². The lowest BCUT2D eigenvalue weighted by atomic mass is 10.0. The number of rotatable bonds is 4. The van der Waals surface area contributed by atoms with Gasteiger partial charge in [0.2, 0.25) is 0 Å². The fourth-order valence-electron chi connectivity index (χ4n) is 2.47. The maximum Gasteiger partial charge on any atom is 0.123 e. The molecule has 1 heterocycles. The minimum atomic E-state index is -0.166. The number of likely N-dealkylation sites (N-methyl/N-ethyl adjacent to an activating group) is 2. The molecule has 0 amide bonds. The molecular weight excluding hydrogens is 229 g/mol. The fraction of sp³-hybridized carbons (Fsp3) is 0.571. The summed E-state index contributed by atoms with van der Waals surface area (Å²) in [5.41, 5.74) is 1.19. The Labute approximate surface area is 109 Å². The van der Waals surface area contributed by atoms with Crippen LogP contribution in [0.1, 0.15) is 11.6 Å². The first-order valence-electron chi connectivity index (χ1n) is 6.53. The molecule has 0 aliphatic carbocycles. The van der Waals surface area contributed by atoms with Crippen LogP contribution in [0.4, 0.5) is 4.39 Å². The Morgan fingerprint density at radius 3 is 2.33 bits per heavy atom. The van der Waals surface area contributed by atoms with Crippen LogP contribution in [0.2, 0.25) is 0 Å². The first-order chi connectivity index (χ1) is 8.70. The van der Waals surface area contributed by atoms with E-state index in [2.05, 4.69) is 22.2 Å². The number of hydrogen-bond donors (Lipinski definition) is 1. The molecule has 18 heavy (non-hydrogen) atoms. The van der Waals surface area contributed by atoms with Gasteiger partial charge in [-0.05, 0) is 31.8 Å². The maximum atomic E-state index is 13.0. The van der Waals surface area contributed by atoms with Crippen molar-refractivity contribution in [3.63, 3.8) is 0 Å². The van der Waals surface area contributed by atoms with Crippen LogP contribution in [0, 0.1) is 5.82 Å². The summed E-state index contributed by atoms with van der Waals surface area (Å²) in [6.07, 6.45) is 0. The van der Waals surface area contributed by atoms with Crippen LogP contribution in [0.3, 0.4) is 0 Å². The van der Waals surface area contributed by atoms with Crippen molar-refractivity contribution < 1.29 is 4.39 Å². The van der Waals surface area contributed by atoms with Gasteiger partial charge in [-0.3, -0.25) is 4.90 Å². The highest BCUT2D eigenvalue weighted by Gasteiger charge is 2.23. The molecule has 100 valence electrons. The Kier molecular flexibility index (Phi) is 4.69. The van der Waals surface area contributed by atoms with Gasteiger partial charge in [0.15, 0.2) is 0 Å². The second kappa shape index (κ2) is 6.27. The van der Waals surface area contributed by atoms with E-state index in [4.69, 9.17) is 0 Å². The van der Waals surface area contributed by atoms with Gasteiger partial charge in [0.25, 0.3) is 0 Å². The molecule has 1 aliphatic rings. The van der Waals surface area contributed by atoms with E-state index < -0.39 is 0 Å². The Morgan fingerprint density at radius 1 is 1.17 bits per heavy atom. The summed E-state index contributed by atoms with van der Waals surface area (Å²) in [7, 11) is 4.12. The molecule has 0 bridgehead atoms. The molecular formula is C14H22FN3. The highest BCUT2D eigenvalue weighted by molar-refractivity contribution is 5.20. The third-order valence-electron chi connectivity index (χ3n) is 3.63. The predicted octanol–water partition coefficient (Wildman–Crippen LogP) is 1.33. The Morgan fingerprint density at radius 2 is 1.78 bits per heavy atom. The smallest absolute Gasteiger partial charge is 0.123 e. The Balaban J connectivity index is 2.09. The van der Waals surface area contributed by atoms with Crippen molar-refractivity contribution in [1.82, 2.24) is 15.1 Å². The topological polar surface area (TPSA) is 18.5 Å². The number of halogens is 1. The summed E-state index contributed by atoms with van der Waals surface area (Å²) < 4.78 is 13.0. The summed E-state index contributed by atoms with van der Waals surface area (Å²) in [5.74, 6) is -0.166. The number of nitrogens with one attached hydrogen (secondary N) is 1. The first kappa shape index (κ1) is 13.5. The summed E-state index contributed by atoms with van der Waals surface area (Å²) in [5, 5.41) is 3.24. The molecule has 0 aromatic heterocycles. The van der Waals surface area contributed by atoms with Crippen molar-refractivity contribution in [2.45, 2.75) is 6.04 Å². The normalized spacial score (nSPS) is 19.9. The van der Waals surface area contributed by atoms with E-state index in [1.165, 1.54) is 5.56 Å². The predicted molar refractivity (Wildman–Crippen MR) is 72.1 cm³/mol. The van der Waals surface area contributed by atoms with Crippen LogP contribution in [0.25, 0.3) is 0 Å². The number of benzene rings is 1. The van der Waals surface area contributed by atoms with Gasteiger partial charge in [-0.25, -0.2) is 4.39 Å². The monoisotopic (exact) mass is 251 g/mol. The minimum absolute atomic E-state index is 0.166. The zero-order valence-electron chi connectivity index (χ0n) is 11.2.